The molecule has 2 N–H and O–H groups in total. The SMILES string of the molecule is Cn1c(CCc2ccccc2)nc2nc(N3CCCC(N)C3)n(Cc3cccs3)c2c1=O. The lowest BCUT2D eigenvalue weighted by atomic mass is 10.1. The van der Waals surface area contributed by atoms with Crippen molar-refractivity contribution in [3.63, 3.8) is 0 Å². The lowest BCUT2D eigenvalue weighted by molar-refractivity contribution is 0.495. The zero-order valence-corrected chi connectivity index (χ0v) is 19.1. The van der Waals surface area contributed by atoms with Crippen LogP contribution in [0.25, 0.3) is 11.2 Å². The fourth-order valence-corrected chi connectivity index (χ4v) is 5.15. The Labute approximate surface area is 191 Å². The van der Waals surface area contributed by atoms with Gasteiger partial charge in [-0.05, 0) is 36.3 Å². The van der Waals surface area contributed by atoms with E-state index in [0.717, 1.165) is 44.1 Å². The van der Waals surface area contributed by atoms with Gasteiger partial charge in [-0.2, -0.15) is 4.98 Å². The van der Waals surface area contributed by atoms with Crippen LogP contribution < -0.4 is 16.2 Å². The Morgan fingerprint density at radius 1 is 1.12 bits per heavy atom. The van der Waals surface area contributed by atoms with Crippen LogP contribution in [0.4, 0.5) is 5.95 Å². The summed E-state index contributed by atoms with van der Waals surface area (Å²) in [6.45, 7) is 2.24. The third kappa shape index (κ3) is 4.08. The lowest BCUT2D eigenvalue weighted by Gasteiger charge is -2.31. The van der Waals surface area contributed by atoms with Gasteiger partial charge in [0.2, 0.25) is 5.95 Å². The minimum absolute atomic E-state index is 0.0466. The second kappa shape index (κ2) is 8.88. The molecular formula is C24H28N6OS. The van der Waals surface area contributed by atoms with Crippen molar-refractivity contribution < 1.29 is 0 Å². The van der Waals surface area contributed by atoms with Gasteiger partial charge < -0.3 is 10.6 Å². The van der Waals surface area contributed by atoms with Crippen LogP contribution in [0.3, 0.4) is 0 Å². The van der Waals surface area contributed by atoms with E-state index in [-0.39, 0.29) is 11.6 Å². The summed E-state index contributed by atoms with van der Waals surface area (Å²) < 4.78 is 3.72. The standard InChI is InChI=1S/C24H28N6OS/c1-28-20(12-11-17-7-3-2-4-8-17)26-22-21(23(28)31)30(16-19-10-6-14-32-19)24(27-22)29-13-5-9-18(25)15-29/h2-4,6-8,10,14,18H,5,9,11-13,15-16,25H2,1H3. The van der Waals surface area contributed by atoms with Crippen molar-refractivity contribution >= 4 is 28.4 Å². The summed E-state index contributed by atoms with van der Waals surface area (Å²) in [5, 5.41) is 2.06. The molecule has 3 aromatic heterocycles. The second-order valence-electron chi connectivity index (χ2n) is 8.48. The van der Waals surface area contributed by atoms with E-state index in [1.54, 1.807) is 15.9 Å². The molecule has 1 fully saturated rings. The molecule has 5 rings (SSSR count). The maximum atomic E-state index is 13.5. The third-order valence-electron chi connectivity index (χ3n) is 6.17. The number of aryl methyl sites for hydroxylation is 2. The average molecular weight is 449 g/mol. The van der Waals surface area contributed by atoms with Gasteiger partial charge in [-0.25, -0.2) is 4.98 Å². The number of benzene rings is 1. The first kappa shape index (κ1) is 20.9. The number of anilines is 1. The van der Waals surface area contributed by atoms with Crippen molar-refractivity contribution in [2.24, 2.45) is 12.8 Å². The van der Waals surface area contributed by atoms with E-state index >= 15 is 0 Å². The van der Waals surface area contributed by atoms with Gasteiger partial charge in [0.05, 0.1) is 6.54 Å². The highest BCUT2D eigenvalue weighted by Crippen LogP contribution is 2.25. The predicted molar refractivity (Wildman–Crippen MR) is 129 cm³/mol. The molecule has 0 radical (unpaired) electrons. The summed E-state index contributed by atoms with van der Waals surface area (Å²) in [6.07, 6.45) is 3.56. The molecule has 1 aliphatic rings. The summed E-state index contributed by atoms with van der Waals surface area (Å²) in [5.41, 5.74) is 8.54. The van der Waals surface area contributed by atoms with Crippen molar-refractivity contribution in [1.82, 2.24) is 19.1 Å². The molecule has 0 bridgehead atoms. The number of aromatic nitrogens is 4. The number of piperidine rings is 1. The Morgan fingerprint density at radius 2 is 1.97 bits per heavy atom. The number of thiophene rings is 1. The van der Waals surface area contributed by atoms with E-state index in [1.807, 2.05) is 35.9 Å². The molecule has 1 saturated heterocycles. The Balaban J connectivity index is 1.57. The van der Waals surface area contributed by atoms with E-state index in [4.69, 9.17) is 15.7 Å². The molecular weight excluding hydrogens is 420 g/mol. The minimum atomic E-state index is -0.0466. The van der Waals surface area contributed by atoms with Gasteiger partial charge in [-0.3, -0.25) is 13.9 Å². The molecule has 166 valence electrons. The van der Waals surface area contributed by atoms with Crippen LogP contribution in [0.1, 0.15) is 29.1 Å². The lowest BCUT2D eigenvalue weighted by Crippen LogP contribution is -2.44. The van der Waals surface area contributed by atoms with Gasteiger partial charge in [0.25, 0.3) is 5.56 Å². The fraction of sp³-hybridized carbons (Fsp3) is 0.375. The normalized spacial score (nSPS) is 16.7. The first-order chi connectivity index (χ1) is 15.6. The zero-order valence-electron chi connectivity index (χ0n) is 18.3. The summed E-state index contributed by atoms with van der Waals surface area (Å²) in [6, 6.07) is 14.5. The van der Waals surface area contributed by atoms with Crippen LogP contribution in [-0.4, -0.2) is 38.2 Å². The van der Waals surface area contributed by atoms with Gasteiger partial charge in [0.15, 0.2) is 11.2 Å². The zero-order chi connectivity index (χ0) is 22.1. The molecule has 4 aromatic rings. The quantitative estimate of drug-likeness (QED) is 0.490. The second-order valence-corrected chi connectivity index (χ2v) is 9.51. The van der Waals surface area contributed by atoms with Gasteiger partial charge in [0.1, 0.15) is 5.82 Å². The van der Waals surface area contributed by atoms with Crippen LogP contribution in [0, 0.1) is 0 Å². The maximum Gasteiger partial charge on any atom is 0.279 e. The van der Waals surface area contributed by atoms with E-state index in [2.05, 4.69) is 28.5 Å². The molecule has 0 saturated carbocycles. The van der Waals surface area contributed by atoms with Crippen LogP contribution >= 0.6 is 11.3 Å². The molecule has 1 atom stereocenters. The van der Waals surface area contributed by atoms with Gasteiger partial charge in [-0.1, -0.05) is 36.4 Å². The number of rotatable bonds is 6. The molecule has 32 heavy (non-hydrogen) atoms. The average Bonchev–Trinajstić information content (AvgIpc) is 3.44. The van der Waals surface area contributed by atoms with Gasteiger partial charge in [-0.15, -0.1) is 11.3 Å². The molecule has 4 heterocycles. The van der Waals surface area contributed by atoms with E-state index in [1.165, 1.54) is 10.4 Å². The largest absolute Gasteiger partial charge is 0.341 e. The number of nitrogens with two attached hydrogens (primary N) is 1. The Kier molecular flexibility index (Phi) is 5.80. The van der Waals surface area contributed by atoms with Crippen LogP contribution in [0.5, 0.6) is 0 Å². The first-order valence-electron chi connectivity index (χ1n) is 11.1. The topological polar surface area (TPSA) is 82.0 Å². The summed E-state index contributed by atoms with van der Waals surface area (Å²) in [5.74, 6) is 1.56. The smallest absolute Gasteiger partial charge is 0.279 e. The van der Waals surface area contributed by atoms with Crippen molar-refractivity contribution in [3.8, 4) is 0 Å². The summed E-state index contributed by atoms with van der Waals surface area (Å²) >= 11 is 1.68. The van der Waals surface area contributed by atoms with E-state index in [0.29, 0.717) is 24.1 Å². The van der Waals surface area contributed by atoms with Crippen LogP contribution in [0.2, 0.25) is 0 Å². The summed E-state index contributed by atoms with van der Waals surface area (Å²) in [7, 11) is 1.81. The van der Waals surface area contributed by atoms with Crippen LogP contribution in [0.15, 0.2) is 52.6 Å². The number of hydrogen-bond acceptors (Lipinski definition) is 6. The molecule has 0 spiro atoms. The molecule has 1 aliphatic heterocycles. The van der Waals surface area contributed by atoms with Gasteiger partial charge >= 0.3 is 0 Å². The number of fused-ring (bicyclic) bond motifs is 1. The highest BCUT2D eigenvalue weighted by molar-refractivity contribution is 7.09. The van der Waals surface area contributed by atoms with Crippen molar-refractivity contribution in [1.29, 1.82) is 0 Å². The van der Waals surface area contributed by atoms with Crippen molar-refractivity contribution in [2.75, 3.05) is 18.0 Å². The number of nitrogens with zero attached hydrogens (tertiary/aromatic N) is 5. The number of hydrogen-bond donors (Lipinski definition) is 1. The molecule has 8 heteroatoms. The van der Waals surface area contributed by atoms with Crippen molar-refractivity contribution in [3.05, 3.63) is 74.5 Å². The maximum absolute atomic E-state index is 13.5. The molecule has 0 amide bonds. The fourth-order valence-electron chi connectivity index (χ4n) is 4.46. The van der Waals surface area contributed by atoms with E-state index in [9.17, 15) is 4.79 Å². The Hall–Kier alpha value is -2.97. The molecule has 1 aromatic carbocycles. The minimum Gasteiger partial charge on any atom is -0.341 e. The highest BCUT2D eigenvalue weighted by Gasteiger charge is 2.25. The third-order valence-corrected chi connectivity index (χ3v) is 7.03. The Morgan fingerprint density at radius 3 is 2.72 bits per heavy atom. The van der Waals surface area contributed by atoms with E-state index < -0.39 is 0 Å². The van der Waals surface area contributed by atoms with Crippen LogP contribution in [-0.2, 0) is 26.4 Å². The first-order valence-corrected chi connectivity index (χ1v) is 12.0. The Bertz CT molecular complexity index is 1260. The van der Waals surface area contributed by atoms with Crippen molar-refractivity contribution in [2.45, 2.75) is 38.3 Å². The molecule has 0 aliphatic carbocycles. The highest BCUT2D eigenvalue weighted by atomic mass is 32.1. The molecule has 7 nitrogen and oxygen atoms in total. The monoisotopic (exact) mass is 448 g/mol. The predicted octanol–water partition coefficient (Wildman–Crippen LogP) is 2.95. The molecule has 1 unspecified atom stereocenters. The van der Waals surface area contributed by atoms with Gasteiger partial charge in [0, 0.05) is 37.5 Å². The summed E-state index contributed by atoms with van der Waals surface area (Å²) in [4.78, 5) is 26.6. The number of imidazole rings is 1.